The largest absolute Gasteiger partial charge is 1.00 e. The third-order valence-corrected chi connectivity index (χ3v) is 20.5. The van der Waals surface area contributed by atoms with E-state index in [9.17, 15) is 19.8 Å². The van der Waals surface area contributed by atoms with Gasteiger partial charge in [-0.05, 0) is 205 Å². The molecule has 1 aromatic heterocycles. The zero-order valence-electron chi connectivity index (χ0n) is 44.0. The Morgan fingerprint density at radius 2 is 1.27 bits per heavy atom. The molecule has 0 saturated heterocycles. The molecule has 1 aliphatic heterocycles. The summed E-state index contributed by atoms with van der Waals surface area (Å²) in [7, 11) is 0. The molecule has 8 aliphatic carbocycles. The molecule has 2 heterocycles. The molecule has 12 nitrogen and oxygen atoms in total. The fourth-order valence-corrected chi connectivity index (χ4v) is 17.9. The predicted octanol–water partition coefficient (Wildman–Crippen LogP) is 3.52. The third kappa shape index (κ3) is 13.4. The van der Waals surface area contributed by atoms with Crippen molar-refractivity contribution in [1.82, 2.24) is 9.78 Å². The van der Waals surface area contributed by atoms with Crippen molar-refractivity contribution >= 4 is 40.2 Å². The standard InChI is InChI=1S/C26H37N3O2.C22H35BrO2.C5H4N2.CH2O3.CH4.2K.H/c1-16-10-22(23(30)15-29-14-17(12-27)13-28-29)26(3)9-7-20-19-6-8-25(2,31)11-18(19)4-5-21(20)24(16)26;1-13-10-18(19(24)12-23)22(3)9-7-16-15-6-8-21(2,25)11-14(15)4-5-17(16)20(13)22;6-3-5-1-2-7-4-5;2-1-4-3;;;;/h13-14,16,18-22,24,31H,4-11,15H2,1-3H3;13-18,20,25H,4-12H2,1-3H3;1,4H,2H2;1,3H;1H4;;;/q;;;;;2*+1;-1/p-1/t16-,18-,19+,20-,21-,22-,24+,25-,26-;13-,14-,15+,16-,17-,18-,20+,21-,22-;;;;;;/m11....../s1. The van der Waals surface area contributed by atoms with Gasteiger partial charge in [0.2, 0.25) is 0 Å². The predicted molar refractivity (Wildman–Crippen MR) is 264 cm³/mol. The number of aliphatic hydroxyl groups is 2. The molecule has 0 radical (unpaired) electrons. The van der Waals surface area contributed by atoms with Gasteiger partial charge in [0.25, 0.3) is 6.47 Å². The number of hydrogen-bond donors (Lipinski definition) is 2. The van der Waals surface area contributed by atoms with Crippen molar-refractivity contribution in [2.24, 2.45) is 98.7 Å². The molecule has 0 spiro atoms. The summed E-state index contributed by atoms with van der Waals surface area (Å²) in [4.78, 5) is 41.1. The molecule has 8 fully saturated rings. The van der Waals surface area contributed by atoms with E-state index < -0.39 is 11.2 Å². The van der Waals surface area contributed by atoms with Crippen LogP contribution in [0.2, 0.25) is 0 Å². The second kappa shape index (κ2) is 26.4. The van der Waals surface area contributed by atoms with Gasteiger partial charge in [-0.15, -0.1) is 0 Å². The average Bonchev–Trinajstić information content (AvgIpc) is 4.11. The summed E-state index contributed by atoms with van der Waals surface area (Å²) in [5, 5.41) is 51.5. The summed E-state index contributed by atoms with van der Waals surface area (Å²) in [6.07, 6.45) is 25.2. The van der Waals surface area contributed by atoms with E-state index in [0.29, 0.717) is 58.2 Å². The maximum Gasteiger partial charge on any atom is 1.00 e. The van der Waals surface area contributed by atoms with Crippen LogP contribution in [0.3, 0.4) is 0 Å². The van der Waals surface area contributed by atoms with Crippen LogP contribution in [0.1, 0.15) is 159 Å². The van der Waals surface area contributed by atoms with E-state index in [1.165, 1.54) is 57.8 Å². The van der Waals surface area contributed by atoms with Gasteiger partial charge < -0.3 is 21.8 Å². The van der Waals surface area contributed by atoms with Gasteiger partial charge in [-0.1, -0.05) is 51.1 Å². The quantitative estimate of drug-likeness (QED) is 0.140. The fraction of sp³-hybridized carbons (Fsp3) is 0.800. The second-order valence-electron chi connectivity index (χ2n) is 23.9. The number of hydrogen-bond acceptors (Lipinski definition) is 11. The van der Waals surface area contributed by atoms with E-state index in [1.54, 1.807) is 29.4 Å². The van der Waals surface area contributed by atoms with Crippen LogP contribution in [-0.2, 0) is 25.8 Å². The SMILES string of the molecule is C.C[C@@H]1C[C@H](C(=O)CBr)[C@@]2(C)CC[C@H]3[C@@H](CC[C@@H]4C[C@](C)(O)CC[C@@H]43)[C@H]12.C[C@@H]1C[C@H](C(=O)Cn2cc(C#N)cn2)[C@@]2(C)CC[C@H]3[C@@H](CC[C@@H]4C[C@](C)(O)CC[C@@H]43)[C@H]12.N#CC1=CCN=C1.O=CO[O-].[H-].[K+].[K+]. The second-order valence-corrected chi connectivity index (χ2v) is 24.4. The third-order valence-electron chi connectivity index (χ3n) is 19.9. The summed E-state index contributed by atoms with van der Waals surface area (Å²) in [6.45, 7) is 14.5. The first-order valence-corrected chi connectivity index (χ1v) is 26.8. The van der Waals surface area contributed by atoms with Crippen LogP contribution in [0.5, 0.6) is 0 Å². The summed E-state index contributed by atoms with van der Waals surface area (Å²) in [5.41, 5.74) is 0.632. The maximum absolute atomic E-state index is 13.4. The van der Waals surface area contributed by atoms with Crippen molar-refractivity contribution in [3.63, 3.8) is 0 Å². The van der Waals surface area contributed by atoms with Gasteiger partial charge in [-0.3, -0.25) is 24.1 Å². The molecule has 0 aromatic carbocycles. The Kier molecular flexibility index (Phi) is 23.6. The molecular weight excluding hydrogens is 1000 g/mol. The van der Waals surface area contributed by atoms with Crippen LogP contribution in [0.4, 0.5) is 0 Å². The summed E-state index contributed by atoms with van der Waals surface area (Å²) < 4.78 is 1.65. The number of aromatic nitrogens is 2. The molecule has 15 heteroatoms. The molecule has 0 amide bonds. The minimum atomic E-state index is -0.465. The molecule has 10 rings (SSSR count). The normalized spacial score (nSPS) is 42.2. The van der Waals surface area contributed by atoms with Crippen LogP contribution in [0, 0.1) is 116 Å². The number of carbonyl (C=O) groups is 3. The molecule has 378 valence electrons. The van der Waals surface area contributed by atoms with Gasteiger partial charge in [0, 0.05) is 24.2 Å². The van der Waals surface area contributed by atoms with E-state index in [2.05, 4.69) is 64.7 Å². The number of allylic oxidation sites excluding steroid dienone is 1. The number of nitrogens with zero attached hydrogens (tertiary/aromatic N) is 5. The fourth-order valence-electron chi connectivity index (χ4n) is 17.5. The van der Waals surface area contributed by atoms with E-state index >= 15 is 0 Å². The number of Topliss-reactive ketones (excluding diaryl/α,β-unsaturated/α-hetero) is 2. The van der Waals surface area contributed by atoms with Crippen LogP contribution >= 0.6 is 15.9 Å². The van der Waals surface area contributed by atoms with E-state index in [0.717, 1.165) is 92.3 Å². The maximum atomic E-state index is 13.4. The zero-order chi connectivity index (χ0) is 48.5. The molecule has 70 heavy (non-hydrogen) atoms. The van der Waals surface area contributed by atoms with Crippen molar-refractivity contribution in [2.75, 3.05) is 11.9 Å². The van der Waals surface area contributed by atoms with Crippen molar-refractivity contribution in [1.29, 1.82) is 10.5 Å². The van der Waals surface area contributed by atoms with Gasteiger partial charge in [0.05, 0.1) is 47.0 Å². The first kappa shape index (κ1) is 62.6. The molecule has 8 saturated carbocycles. The van der Waals surface area contributed by atoms with Gasteiger partial charge in [0.15, 0.2) is 5.78 Å². The molecule has 2 N–H and O–H groups in total. The van der Waals surface area contributed by atoms with Gasteiger partial charge in [-0.2, -0.15) is 15.6 Å². The Bertz CT molecular complexity index is 2110. The number of rotatable bonds is 6. The van der Waals surface area contributed by atoms with Crippen LogP contribution in [0.15, 0.2) is 29.0 Å². The van der Waals surface area contributed by atoms with Crippen molar-refractivity contribution in [3.05, 3.63) is 29.6 Å². The van der Waals surface area contributed by atoms with E-state index in [-0.39, 0.29) is 147 Å². The van der Waals surface area contributed by atoms with Crippen LogP contribution in [0.25, 0.3) is 0 Å². The van der Waals surface area contributed by atoms with Crippen LogP contribution in [-0.4, -0.2) is 67.3 Å². The van der Waals surface area contributed by atoms with Gasteiger partial charge >= 0.3 is 103 Å². The molecule has 0 unspecified atom stereocenters. The molecule has 9 aliphatic rings. The number of ketones is 2. The molecule has 0 bridgehead atoms. The minimum absolute atomic E-state index is 0. The van der Waals surface area contributed by atoms with Gasteiger partial charge in [-0.25, -0.2) is 0 Å². The Morgan fingerprint density at radius 1 is 0.800 bits per heavy atom. The topological polar surface area (TPSA) is 202 Å². The molecule has 1 aromatic rings. The van der Waals surface area contributed by atoms with E-state index in [1.807, 2.05) is 19.9 Å². The first-order chi connectivity index (χ1) is 31.8. The van der Waals surface area contributed by atoms with Crippen molar-refractivity contribution in [2.45, 2.75) is 169 Å². The Morgan fingerprint density at radius 3 is 1.66 bits per heavy atom. The van der Waals surface area contributed by atoms with Crippen LogP contribution < -0.4 is 108 Å². The molecule has 18 atom stereocenters. The van der Waals surface area contributed by atoms with Gasteiger partial charge in [0.1, 0.15) is 17.9 Å². The van der Waals surface area contributed by atoms with Crippen molar-refractivity contribution in [3.8, 4) is 12.1 Å². The number of fused-ring (bicyclic) bond motifs is 10. The summed E-state index contributed by atoms with van der Waals surface area (Å²) >= 11 is 3.44. The zero-order valence-corrected chi connectivity index (χ0v) is 50.8. The minimum Gasteiger partial charge on any atom is -1.00 e. The molecular formula is C55H82BrK2N5O7. The summed E-state index contributed by atoms with van der Waals surface area (Å²) in [6, 6.07) is 4.07. The number of alkyl halides is 1. The number of aliphatic imine (C=N–C) groups is 1. The average molecular weight is 1080 g/mol. The smallest absolute Gasteiger partial charge is 1.00 e. The Hall–Kier alpha value is 0.0427. The number of nitriles is 2. The Balaban J connectivity index is 0.000000299. The van der Waals surface area contributed by atoms with Crippen molar-refractivity contribution < 1.29 is 139 Å². The Labute approximate surface area is 514 Å². The van der Waals surface area contributed by atoms with E-state index in [4.69, 9.17) is 20.6 Å². The number of carbonyl (C=O) groups excluding carboxylic acids is 3. The first-order valence-electron chi connectivity index (χ1n) is 25.6. The number of halogens is 1. The summed E-state index contributed by atoms with van der Waals surface area (Å²) in [5.74, 6) is 10.0. The monoisotopic (exact) mass is 1080 g/mol.